The number of carbonyl (C=O) groups is 1. The van der Waals surface area contributed by atoms with E-state index in [1.807, 2.05) is 0 Å². The molecule has 0 spiro atoms. The summed E-state index contributed by atoms with van der Waals surface area (Å²) in [6.45, 7) is 9.64. The molecule has 0 unspecified atom stereocenters. The van der Waals surface area contributed by atoms with Crippen LogP contribution in [0.15, 0.2) is 6.20 Å². The number of anilines is 1. The van der Waals surface area contributed by atoms with Gasteiger partial charge in [0.25, 0.3) is 5.91 Å². The topological polar surface area (TPSA) is 72.9 Å². The summed E-state index contributed by atoms with van der Waals surface area (Å²) in [4.78, 5) is 12.0. The molecule has 1 aliphatic carbocycles. The molecule has 1 aromatic rings. The van der Waals surface area contributed by atoms with Crippen molar-refractivity contribution in [2.75, 3.05) is 12.3 Å². The number of nitrogens with two attached hydrogens (primary N) is 1. The number of nitrogen functional groups attached to an aromatic ring is 1. The van der Waals surface area contributed by atoms with Crippen molar-refractivity contribution in [3.05, 3.63) is 11.8 Å². The van der Waals surface area contributed by atoms with Crippen LogP contribution in [0, 0.1) is 16.7 Å². The molecule has 5 heteroatoms. The summed E-state index contributed by atoms with van der Waals surface area (Å²) in [7, 11) is 1.72. The molecule has 3 N–H and O–H groups in total. The first-order valence-corrected chi connectivity index (χ1v) is 6.25. The number of amides is 1. The second-order valence-corrected chi connectivity index (χ2v) is 6.27. The zero-order chi connectivity index (χ0) is 13.7. The Hall–Kier alpha value is -1.52. The maximum absolute atomic E-state index is 12.0. The van der Waals surface area contributed by atoms with Gasteiger partial charge in [-0.3, -0.25) is 9.48 Å². The molecule has 1 aliphatic rings. The summed E-state index contributed by atoms with van der Waals surface area (Å²) in [5.74, 6) is 0.771. The van der Waals surface area contributed by atoms with E-state index in [4.69, 9.17) is 5.73 Å². The zero-order valence-corrected chi connectivity index (χ0v) is 11.7. The second-order valence-electron chi connectivity index (χ2n) is 6.27. The lowest BCUT2D eigenvalue weighted by atomic mass is 10.0. The molecule has 0 aromatic carbocycles. The molecule has 0 saturated heterocycles. The molecule has 1 amide bonds. The summed E-state index contributed by atoms with van der Waals surface area (Å²) in [6.07, 6.45) is 1.51. The quantitative estimate of drug-likeness (QED) is 0.852. The number of hydrogen-bond acceptors (Lipinski definition) is 3. The third-order valence-corrected chi connectivity index (χ3v) is 5.02. The van der Waals surface area contributed by atoms with E-state index in [-0.39, 0.29) is 16.7 Å². The molecule has 5 nitrogen and oxygen atoms in total. The summed E-state index contributed by atoms with van der Waals surface area (Å²) in [5, 5.41) is 6.92. The van der Waals surface area contributed by atoms with E-state index in [1.165, 1.54) is 10.9 Å². The standard InChI is InChI=1S/C13H22N4O/c1-12(2)9(13(12,3)4)7-15-11(18)8-6-16-17(5)10(8)14/h6,9H,7,14H2,1-5H3,(H,15,18). The van der Waals surface area contributed by atoms with Gasteiger partial charge in [0, 0.05) is 13.6 Å². The van der Waals surface area contributed by atoms with E-state index in [0.717, 1.165) is 0 Å². The third-order valence-electron chi connectivity index (χ3n) is 5.02. The van der Waals surface area contributed by atoms with Gasteiger partial charge in [-0.2, -0.15) is 5.10 Å². The van der Waals surface area contributed by atoms with Crippen molar-refractivity contribution in [2.24, 2.45) is 23.8 Å². The molecule has 1 aromatic heterocycles. The highest BCUT2D eigenvalue weighted by Gasteiger charge is 2.64. The minimum absolute atomic E-state index is 0.140. The predicted molar refractivity (Wildman–Crippen MR) is 71.0 cm³/mol. The smallest absolute Gasteiger partial charge is 0.256 e. The van der Waals surface area contributed by atoms with Crippen molar-refractivity contribution >= 4 is 11.7 Å². The minimum Gasteiger partial charge on any atom is -0.383 e. The summed E-state index contributed by atoms with van der Waals surface area (Å²) in [5.41, 5.74) is 6.78. The Labute approximate surface area is 108 Å². The Morgan fingerprint density at radius 2 is 2.00 bits per heavy atom. The maximum Gasteiger partial charge on any atom is 0.256 e. The van der Waals surface area contributed by atoms with Gasteiger partial charge in [0.1, 0.15) is 11.4 Å². The van der Waals surface area contributed by atoms with Crippen LogP contribution < -0.4 is 11.1 Å². The van der Waals surface area contributed by atoms with Crippen molar-refractivity contribution in [2.45, 2.75) is 27.7 Å². The fourth-order valence-corrected chi connectivity index (χ4v) is 2.76. The fraction of sp³-hybridized carbons (Fsp3) is 0.692. The average Bonchev–Trinajstić information content (AvgIpc) is 2.55. The van der Waals surface area contributed by atoms with Crippen LogP contribution in [0.1, 0.15) is 38.1 Å². The molecule has 100 valence electrons. The van der Waals surface area contributed by atoms with Crippen LogP contribution in [0.3, 0.4) is 0 Å². The van der Waals surface area contributed by atoms with E-state index in [9.17, 15) is 4.79 Å². The molecular formula is C13H22N4O. The molecule has 1 fully saturated rings. The number of rotatable bonds is 3. The van der Waals surface area contributed by atoms with Gasteiger partial charge in [0.05, 0.1) is 6.20 Å². The summed E-state index contributed by atoms with van der Waals surface area (Å²) >= 11 is 0. The van der Waals surface area contributed by atoms with Gasteiger partial charge in [0.15, 0.2) is 0 Å². The first kappa shape index (κ1) is 12.9. The average molecular weight is 250 g/mol. The molecule has 0 aliphatic heterocycles. The lowest BCUT2D eigenvalue weighted by molar-refractivity contribution is 0.0950. The van der Waals surface area contributed by atoms with Crippen molar-refractivity contribution in [3.63, 3.8) is 0 Å². The van der Waals surface area contributed by atoms with Crippen LogP contribution in [0.5, 0.6) is 0 Å². The summed E-state index contributed by atoms with van der Waals surface area (Å²) in [6, 6.07) is 0. The van der Waals surface area contributed by atoms with Crippen LogP contribution in [0.2, 0.25) is 0 Å². The Bertz CT molecular complexity index is 473. The van der Waals surface area contributed by atoms with Gasteiger partial charge in [0.2, 0.25) is 0 Å². The normalized spacial score (nSPS) is 20.7. The van der Waals surface area contributed by atoms with Gasteiger partial charge in [-0.15, -0.1) is 0 Å². The first-order valence-electron chi connectivity index (χ1n) is 6.25. The second kappa shape index (κ2) is 3.73. The highest BCUT2D eigenvalue weighted by Crippen LogP contribution is 2.67. The van der Waals surface area contributed by atoms with Gasteiger partial charge < -0.3 is 11.1 Å². The van der Waals surface area contributed by atoms with Crippen LogP contribution >= 0.6 is 0 Å². The van der Waals surface area contributed by atoms with Crippen LogP contribution in [-0.4, -0.2) is 22.2 Å². The SMILES string of the molecule is Cn1ncc(C(=O)NCC2C(C)(C)C2(C)C)c1N. The van der Waals surface area contributed by atoms with Crippen LogP contribution in [0.4, 0.5) is 5.82 Å². The van der Waals surface area contributed by atoms with Gasteiger partial charge in [-0.25, -0.2) is 0 Å². The first-order chi connectivity index (χ1) is 8.19. The van der Waals surface area contributed by atoms with E-state index in [1.54, 1.807) is 7.05 Å². The number of nitrogens with one attached hydrogen (secondary N) is 1. The van der Waals surface area contributed by atoms with Crippen molar-refractivity contribution in [3.8, 4) is 0 Å². The number of aromatic nitrogens is 2. The lowest BCUT2D eigenvalue weighted by Crippen LogP contribution is -2.27. The van der Waals surface area contributed by atoms with Crippen molar-refractivity contribution in [1.82, 2.24) is 15.1 Å². The van der Waals surface area contributed by atoms with Crippen molar-refractivity contribution < 1.29 is 4.79 Å². The highest BCUT2D eigenvalue weighted by atomic mass is 16.1. The van der Waals surface area contributed by atoms with E-state index >= 15 is 0 Å². The number of nitrogens with zero attached hydrogens (tertiary/aromatic N) is 2. The number of aryl methyl sites for hydroxylation is 1. The van der Waals surface area contributed by atoms with E-state index in [0.29, 0.717) is 23.8 Å². The molecule has 1 heterocycles. The summed E-state index contributed by atoms with van der Waals surface area (Å²) < 4.78 is 1.50. The molecule has 0 radical (unpaired) electrons. The number of hydrogen-bond donors (Lipinski definition) is 2. The highest BCUT2D eigenvalue weighted by molar-refractivity contribution is 5.98. The van der Waals surface area contributed by atoms with Crippen molar-refractivity contribution in [1.29, 1.82) is 0 Å². The van der Waals surface area contributed by atoms with Gasteiger partial charge in [-0.1, -0.05) is 27.7 Å². The predicted octanol–water partition coefficient (Wildman–Crippen LogP) is 1.41. The Kier molecular flexibility index (Phi) is 2.68. The van der Waals surface area contributed by atoms with Gasteiger partial charge >= 0.3 is 0 Å². The fourth-order valence-electron chi connectivity index (χ4n) is 2.76. The minimum atomic E-state index is -0.140. The zero-order valence-electron chi connectivity index (χ0n) is 11.7. The van der Waals surface area contributed by atoms with Gasteiger partial charge in [-0.05, 0) is 16.7 Å². The maximum atomic E-state index is 12.0. The number of carbonyl (C=O) groups excluding carboxylic acids is 1. The lowest BCUT2D eigenvalue weighted by Gasteiger charge is -2.05. The molecule has 0 bridgehead atoms. The Balaban J connectivity index is 1.97. The molecular weight excluding hydrogens is 228 g/mol. The molecule has 0 atom stereocenters. The Morgan fingerprint density at radius 1 is 1.44 bits per heavy atom. The molecule has 18 heavy (non-hydrogen) atoms. The van der Waals surface area contributed by atoms with E-state index < -0.39 is 0 Å². The van der Waals surface area contributed by atoms with E-state index in [2.05, 4.69) is 38.1 Å². The largest absolute Gasteiger partial charge is 0.383 e. The van der Waals surface area contributed by atoms with Crippen LogP contribution in [0.25, 0.3) is 0 Å². The third kappa shape index (κ3) is 1.69. The Morgan fingerprint density at radius 3 is 2.39 bits per heavy atom. The molecule has 2 rings (SSSR count). The van der Waals surface area contributed by atoms with Crippen LogP contribution in [-0.2, 0) is 7.05 Å². The molecule has 1 saturated carbocycles. The monoisotopic (exact) mass is 250 g/mol.